The van der Waals surface area contributed by atoms with Crippen molar-refractivity contribution in [3.05, 3.63) is 54.5 Å². The van der Waals surface area contributed by atoms with Crippen LogP contribution in [0, 0.1) is 0 Å². The predicted octanol–water partition coefficient (Wildman–Crippen LogP) is 2.28. The molecule has 0 aliphatic heterocycles. The third kappa shape index (κ3) is 3.00. The van der Waals surface area contributed by atoms with Crippen LogP contribution in [-0.4, -0.2) is 26.8 Å². The van der Waals surface area contributed by atoms with Gasteiger partial charge in [-0.15, -0.1) is 0 Å². The van der Waals surface area contributed by atoms with Crippen molar-refractivity contribution in [3.63, 3.8) is 0 Å². The van der Waals surface area contributed by atoms with Gasteiger partial charge >= 0.3 is 6.03 Å². The fourth-order valence-electron chi connectivity index (χ4n) is 2.41. The van der Waals surface area contributed by atoms with Crippen LogP contribution in [0.3, 0.4) is 0 Å². The van der Waals surface area contributed by atoms with E-state index in [9.17, 15) is 4.79 Å². The summed E-state index contributed by atoms with van der Waals surface area (Å²) in [5.74, 6) is 0. The number of urea groups is 1. The van der Waals surface area contributed by atoms with Crippen LogP contribution in [0.2, 0.25) is 0 Å². The van der Waals surface area contributed by atoms with E-state index < -0.39 is 6.03 Å². The van der Waals surface area contributed by atoms with Gasteiger partial charge < -0.3 is 10.3 Å². The zero-order valence-electron chi connectivity index (χ0n) is 13.1. The molecule has 2 aromatic heterocycles. The zero-order chi connectivity index (χ0) is 17.1. The minimum atomic E-state index is -0.717. The minimum Gasteiger partial charge on any atom is -0.350 e. The first-order valence-corrected chi connectivity index (χ1v) is 7.21. The molecule has 0 spiro atoms. The average Bonchev–Trinajstić information content (AvgIpc) is 2.99. The summed E-state index contributed by atoms with van der Waals surface area (Å²) in [7, 11) is 1.90. The Balaban J connectivity index is 2.19. The number of hydrazone groups is 1. The normalized spacial score (nSPS) is 11.0. The Labute approximate surface area is 138 Å². The van der Waals surface area contributed by atoms with Gasteiger partial charge in [-0.05, 0) is 17.7 Å². The van der Waals surface area contributed by atoms with E-state index in [1.807, 2.05) is 35.9 Å². The Morgan fingerprint density at radius 3 is 2.92 bits per heavy atom. The van der Waals surface area contributed by atoms with Crippen LogP contribution in [0.15, 0.2) is 48.5 Å². The number of primary amides is 1. The Bertz CT molecular complexity index is 957. The van der Waals surface area contributed by atoms with E-state index >= 15 is 0 Å². The molecule has 0 bridgehead atoms. The summed E-state index contributed by atoms with van der Waals surface area (Å²) in [6.45, 7) is 3.79. The van der Waals surface area contributed by atoms with Gasteiger partial charge in [-0.3, -0.25) is 0 Å². The maximum absolute atomic E-state index is 10.8. The number of hydrogen-bond donors (Lipinski definition) is 2. The summed E-state index contributed by atoms with van der Waals surface area (Å²) in [6, 6.07) is 7.00. The Kier molecular flexibility index (Phi) is 4.07. The Morgan fingerprint density at radius 2 is 2.25 bits per heavy atom. The number of carbonyl (C=O) groups is 1. The van der Waals surface area contributed by atoms with Crippen LogP contribution < -0.4 is 11.2 Å². The molecule has 3 aromatic rings. The van der Waals surface area contributed by atoms with Crippen LogP contribution >= 0.6 is 0 Å². The van der Waals surface area contributed by atoms with Crippen LogP contribution in [-0.2, 0) is 7.05 Å². The number of benzene rings is 1. The van der Waals surface area contributed by atoms with Crippen molar-refractivity contribution in [2.45, 2.75) is 0 Å². The van der Waals surface area contributed by atoms with Gasteiger partial charge in [0.15, 0.2) is 0 Å². The number of aromatic nitrogens is 3. The number of nitrogens with two attached hydrogens (primary N) is 1. The first-order chi connectivity index (χ1) is 11.6. The number of amides is 2. The molecule has 7 heteroatoms. The smallest absolute Gasteiger partial charge is 0.332 e. The van der Waals surface area contributed by atoms with Gasteiger partial charge in [0.05, 0.1) is 35.6 Å². The zero-order valence-corrected chi connectivity index (χ0v) is 13.1. The van der Waals surface area contributed by atoms with E-state index in [0.29, 0.717) is 0 Å². The number of nitrogens with one attached hydrogen (secondary N) is 1. The second-order valence-electron chi connectivity index (χ2n) is 5.20. The third-order valence-electron chi connectivity index (χ3n) is 3.56. The molecule has 2 amide bonds. The van der Waals surface area contributed by atoms with E-state index in [4.69, 9.17) is 10.7 Å². The van der Waals surface area contributed by atoms with Crippen molar-refractivity contribution >= 4 is 29.2 Å². The highest BCUT2D eigenvalue weighted by molar-refractivity contribution is 6.00. The van der Waals surface area contributed by atoms with Gasteiger partial charge in [-0.2, -0.15) is 5.10 Å². The second kappa shape index (κ2) is 6.33. The SMILES string of the molecule is C=Cc1ccc2c(C=NNC(N)=O)cc(-c3cncn3C)nc2c1. The number of nitrogens with zero attached hydrogens (tertiary/aromatic N) is 4. The van der Waals surface area contributed by atoms with Crippen LogP contribution in [0.4, 0.5) is 4.79 Å². The van der Waals surface area contributed by atoms with Crippen LogP contribution in [0.1, 0.15) is 11.1 Å². The summed E-state index contributed by atoms with van der Waals surface area (Å²) in [5, 5.41) is 4.76. The van der Waals surface area contributed by atoms with Gasteiger partial charge in [0, 0.05) is 18.0 Å². The van der Waals surface area contributed by atoms with E-state index in [2.05, 4.69) is 22.1 Å². The molecule has 0 aliphatic rings. The lowest BCUT2D eigenvalue weighted by atomic mass is 10.0. The van der Waals surface area contributed by atoms with Crippen LogP contribution in [0.25, 0.3) is 28.4 Å². The molecule has 0 unspecified atom stereocenters. The van der Waals surface area contributed by atoms with Gasteiger partial charge in [0.2, 0.25) is 0 Å². The highest BCUT2D eigenvalue weighted by atomic mass is 16.2. The van der Waals surface area contributed by atoms with Crippen molar-refractivity contribution in [1.82, 2.24) is 20.0 Å². The van der Waals surface area contributed by atoms with Gasteiger partial charge in [0.25, 0.3) is 0 Å². The lowest BCUT2D eigenvalue weighted by Gasteiger charge is -2.08. The van der Waals surface area contributed by atoms with Crippen molar-refractivity contribution in [2.24, 2.45) is 17.9 Å². The standard InChI is InChI=1S/C17H16N6O/c1-3-11-4-5-13-12(8-20-22-17(18)24)7-15(21-14(13)6-11)16-9-19-10-23(16)2/h3-10H,1H2,2H3,(H3,18,22,24). The first-order valence-electron chi connectivity index (χ1n) is 7.21. The topological polar surface area (TPSA) is 98.2 Å². The highest BCUT2D eigenvalue weighted by Crippen LogP contribution is 2.24. The van der Waals surface area contributed by atoms with Gasteiger partial charge in [-0.1, -0.05) is 24.8 Å². The molecule has 0 atom stereocenters. The lowest BCUT2D eigenvalue weighted by Crippen LogP contribution is -2.24. The van der Waals surface area contributed by atoms with Crippen molar-refractivity contribution in [1.29, 1.82) is 0 Å². The lowest BCUT2D eigenvalue weighted by molar-refractivity contribution is 0.249. The maximum atomic E-state index is 10.8. The maximum Gasteiger partial charge on any atom is 0.332 e. The fraction of sp³-hybridized carbons (Fsp3) is 0.0588. The third-order valence-corrected chi connectivity index (χ3v) is 3.56. The summed E-state index contributed by atoms with van der Waals surface area (Å²) < 4.78 is 1.88. The van der Waals surface area contributed by atoms with E-state index in [1.54, 1.807) is 24.8 Å². The molecular formula is C17H16N6O. The quantitative estimate of drug-likeness (QED) is 0.570. The molecule has 3 N–H and O–H groups in total. The van der Waals surface area contributed by atoms with Gasteiger partial charge in [0.1, 0.15) is 0 Å². The summed E-state index contributed by atoms with van der Waals surface area (Å²) in [4.78, 5) is 19.6. The van der Waals surface area contributed by atoms with E-state index in [-0.39, 0.29) is 0 Å². The molecule has 24 heavy (non-hydrogen) atoms. The van der Waals surface area contributed by atoms with E-state index in [1.165, 1.54) is 0 Å². The number of hydrogen-bond acceptors (Lipinski definition) is 4. The Morgan fingerprint density at radius 1 is 1.42 bits per heavy atom. The number of aryl methyl sites for hydroxylation is 1. The molecule has 7 nitrogen and oxygen atoms in total. The van der Waals surface area contributed by atoms with Crippen molar-refractivity contribution in [3.8, 4) is 11.4 Å². The predicted molar refractivity (Wildman–Crippen MR) is 94.3 cm³/mol. The largest absolute Gasteiger partial charge is 0.350 e. The van der Waals surface area contributed by atoms with Crippen LogP contribution in [0.5, 0.6) is 0 Å². The molecule has 0 saturated carbocycles. The molecule has 0 aliphatic carbocycles. The molecule has 120 valence electrons. The Hall–Kier alpha value is -3.48. The number of rotatable bonds is 4. The molecule has 0 radical (unpaired) electrons. The number of imidazole rings is 1. The molecule has 3 rings (SSSR count). The molecule has 1 aromatic carbocycles. The van der Waals surface area contributed by atoms with Gasteiger partial charge in [-0.25, -0.2) is 20.2 Å². The first kappa shape index (κ1) is 15.4. The molecular weight excluding hydrogens is 304 g/mol. The second-order valence-corrected chi connectivity index (χ2v) is 5.20. The van der Waals surface area contributed by atoms with E-state index in [0.717, 1.165) is 33.4 Å². The van der Waals surface area contributed by atoms with Crippen molar-refractivity contribution < 1.29 is 4.79 Å². The number of pyridine rings is 1. The monoisotopic (exact) mass is 320 g/mol. The summed E-state index contributed by atoms with van der Waals surface area (Å²) in [6.07, 6.45) is 6.76. The minimum absolute atomic E-state index is 0.717. The fourth-order valence-corrected chi connectivity index (χ4v) is 2.41. The summed E-state index contributed by atoms with van der Waals surface area (Å²) in [5.41, 5.74) is 11.4. The average molecular weight is 320 g/mol. The van der Waals surface area contributed by atoms with Crippen molar-refractivity contribution in [2.75, 3.05) is 0 Å². The summed E-state index contributed by atoms with van der Waals surface area (Å²) >= 11 is 0. The molecule has 0 saturated heterocycles. The molecule has 0 fully saturated rings. The highest BCUT2D eigenvalue weighted by Gasteiger charge is 2.09. The molecule has 2 heterocycles. The number of carbonyl (C=O) groups excluding carboxylic acids is 1. The number of fused-ring (bicyclic) bond motifs is 1.